The lowest BCUT2D eigenvalue weighted by Crippen LogP contribution is -2.41. The van der Waals surface area contributed by atoms with Gasteiger partial charge in [-0.05, 0) is 45.2 Å². The average Bonchev–Trinajstić information content (AvgIpc) is 2.01. The molecule has 0 amide bonds. The van der Waals surface area contributed by atoms with Gasteiger partial charge in [-0.1, -0.05) is 0 Å². The second kappa shape index (κ2) is 3.02. The summed E-state index contributed by atoms with van der Waals surface area (Å²) in [6.45, 7) is 4.31. The van der Waals surface area contributed by atoms with Crippen molar-refractivity contribution in [3.63, 3.8) is 0 Å². The summed E-state index contributed by atoms with van der Waals surface area (Å²) in [5, 5.41) is 3.56. The largest absolute Gasteiger partial charge is 0.380 e. The molecule has 0 atom stereocenters. The topological polar surface area (TPSA) is 24.9 Å². The molecular weight excluding hydrogens is 160 g/mol. The second-order valence-corrected chi connectivity index (χ2v) is 4.23. The Morgan fingerprint density at radius 3 is 2.77 bits per heavy atom. The molecule has 0 unspecified atom stereocenters. The van der Waals surface area contributed by atoms with Gasteiger partial charge in [0.05, 0.1) is 0 Å². The number of rotatable bonds is 2. The Labute approximate surface area is 79.4 Å². The van der Waals surface area contributed by atoms with Crippen molar-refractivity contribution >= 4 is 5.69 Å². The first-order chi connectivity index (χ1) is 6.18. The van der Waals surface area contributed by atoms with Gasteiger partial charge >= 0.3 is 0 Å². The molecule has 0 radical (unpaired) electrons. The molecule has 13 heavy (non-hydrogen) atoms. The molecule has 0 spiro atoms. The Hall–Kier alpha value is -1.05. The lowest BCUT2D eigenvalue weighted by Gasteiger charge is -2.40. The van der Waals surface area contributed by atoms with Gasteiger partial charge in [0, 0.05) is 23.1 Å². The van der Waals surface area contributed by atoms with Crippen molar-refractivity contribution in [2.75, 3.05) is 5.32 Å². The second-order valence-electron chi connectivity index (χ2n) is 4.23. The van der Waals surface area contributed by atoms with Crippen LogP contribution >= 0.6 is 0 Å². The predicted octanol–water partition coefficient (Wildman–Crippen LogP) is 2.74. The molecule has 2 nitrogen and oxygen atoms in total. The van der Waals surface area contributed by atoms with E-state index in [1.807, 2.05) is 19.2 Å². The fraction of sp³-hybridized carbons (Fsp3) is 0.545. The van der Waals surface area contributed by atoms with E-state index < -0.39 is 0 Å². The molecule has 0 saturated heterocycles. The van der Waals surface area contributed by atoms with E-state index in [-0.39, 0.29) is 0 Å². The van der Waals surface area contributed by atoms with Crippen LogP contribution in [0.2, 0.25) is 0 Å². The van der Waals surface area contributed by atoms with E-state index in [1.165, 1.54) is 24.9 Å². The van der Waals surface area contributed by atoms with Gasteiger partial charge in [0.1, 0.15) is 0 Å². The molecule has 1 aromatic heterocycles. The number of aromatic nitrogens is 1. The van der Waals surface area contributed by atoms with Crippen LogP contribution in [0.5, 0.6) is 0 Å². The zero-order chi connectivity index (χ0) is 9.31. The highest BCUT2D eigenvalue weighted by atomic mass is 15.0. The van der Waals surface area contributed by atoms with E-state index in [2.05, 4.69) is 23.3 Å². The summed E-state index contributed by atoms with van der Waals surface area (Å²) in [6.07, 6.45) is 5.79. The quantitative estimate of drug-likeness (QED) is 0.749. The van der Waals surface area contributed by atoms with Crippen molar-refractivity contribution < 1.29 is 0 Å². The molecule has 1 N–H and O–H groups in total. The highest BCUT2D eigenvalue weighted by Gasteiger charge is 2.31. The Kier molecular flexibility index (Phi) is 1.98. The number of nitrogens with zero attached hydrogens (tertiary/aromatic N) is 1. The maximum absolute atomic E-state index is 4.17. The minimum atomic E-state index is 0.341. The number of hydrogen-bond acceptors (Lipinski definition) is 2. The molecule has 2 heteroatoms. The molecule has 1 heterocycles. The molecule has 1 saturated carbocycles. The van der Waals surface area contributed by atoms with Crippen LogP contribution in [0.25, 0.3) is 0 Å². The number of aryl methyl sites for hydroxylation is 1. The Balaban J connectivity index is 2.09. The van der Waals surface area contributed by atoms with Crippen LogP contribution in [0.15, 0.2) is 18.3 Å². The molecule has 1 fully saturated rings. The van der Waals surface area contributed by atoms with Gasteiger partial charge in [0.2, 0.25) is 0 Å². The van der Waals surface area contributed by atoms with Gasteiger partial charge in [-0.25, -0.2) is 0 Å². The highest BCUT2D eigenvalue weighted by molar-refractivity contribution is 5.45. The maximum Gasteiger partial charge on any atom is 0.0393 e. The minimum absolute atomic E-state index is 0.341. The van der Waals surface area contributed by atoms with E-state index in [0.29, 0.717) is 5.54 Å². The van der Waals surface area contributed by atoms with E-state index >= 15 is 0 Å². The monoisotopic (exact) mass is 176 g/mol. The molecule has 2 rings (SSSR count). The van der Waals surface area contributed by atoms with Gasteiger partial charge in [0.15, 0.2) is 0 Å². The lowest BCUT2D eigenvalue weighted by atomic mass is 9.78. The molecule has 70 valence electrons. The zero-order valence-electron chi connectivity index (χ0n) is 8.30. The molecule has 0 aromatic carbocycles. The van der Waals surface area contributed by atoms with Gasteiger partial charge < -0.3 is 5.32 Å². The number of hydrogen-bond donors (Lipinski definition) is 1. The summed E-state index contributed by atoms with van der Waals surface area (Å²) in [5.41, 5.74) is 2.62. The lowest BCUT2D eigenvalue weighted by molar-refractivity contribution is 0.306. The molecule has 1 aromatic rings. The van der Waals surface area contributed by atoms with Crippen LogP contribution in [0, 0.1) is 6.92 Å². The number of anilines is 1. The third-order valence-electron chi connectivity index (χ3n) is 2.80. The summed E-state index contributed by atoms with van der Waals surface area (Å²) < 4.78 is 0. The molecule has 1 aliphatic carbocycles. The first kappa shape index (κ1) is 8.54. The summed E-state index contributed by atoms with van der Waals surface area (Å²) in [5.74, 6) is 0. The van der Waals surface area contributed by atoms with E-state index in [0.717, 1.165) is 5.69 Å². The van der Waals surface area contributed by atoms with Gasteiger partial charge in [-0.2, -0.15) is 0 Å². The first-order valence-corrected chi connectivity index (χ1v) is 4.89. The normalized spacial score (nSPS) is 19.2. The predicted molar refractivity (Wildman–Crippen MR) is 54.9 cm³/mol. The van der Waals surface area contributed by atoms with Crippen LogP contribution in [0.1, 0.15) is 31.9 Å². The Morgan fingerprint density at radius 2 is 2.23 bits per heavy atom. The van der Waals surface area contributed by atoms with Crippen molar-refractivity contribution in [1.29, 1.82) is 0 Å². The standard InChI is InChI=1S/C11H16N2/c1-9-8-10(4-7-12-9)13-11(2)5-3-6-11/h4,7-8H,3,5-6H2,1-2H3,(H,12,13). The first-order valence-electron chi connectivity index (χ1n) is 4.89. The third kappa shape index (κ3) is 1.82. The Bertz CT molecular complexity index is 303. The van der Waals surface area contributed by atoms with Crippen molar-refractivity contribution in [3.05, 3.63) is 24.0 Å². The van der Waals surface area contributed by atoms with Crippen molar-refractivity contribution in [2.24, 2.45) is 0 Å². The molecule has 1 aliphatic rings. The number of nitrogens with one attached hydrogen (secondary N) is 1. The smallest absolute Gasteiger partial charge is 0.0393 e. The summed E-state index contributed by atoms with van der Waals surface area (Å²) >= 11 is 0. The van der Waals surface area contributed by atoms with Crippen molar-refractivity contribution in [2.45, 2.75) is 38.6 Å². The van der Waals surface area contributed by atoms with Crippen molar-refractivity contribution in [3.8, 4) is 0 Å². The van der Waals surface area contributed by atoms with Crippen LogP contribution in [-0.2, 0) is 0 Å². The van der Waals surface area contributed by atoms with Crippen LogP contribution in [0.4, 0.5) is 5.69 Å². The van der Waals surface area contributed by atoms with Gasteiger partial charge in [-0.3, -0.25) is 4.98 Å². The molecular formula is C11H16N2. The van der Waals surface area contributed by atoms with Crippen molar-refractivity contribution in [1.82, 2.24) is 4.98 Å². The maximum atomic E-state index is 4.17. The number of pyridine rings is 1. The average molecular weight is 176 g/mol. The molecule has 0 aliphatic heterocycles. The Morgan fingerprint density at radius 1 is 1.46 bits per heavy atom. The molecule has 0 bridgehead atoms. The summed E-state index contributed by atoms with van der Waals surface area (Å²) in [7, 11) is 0. The van der Waals surface area contributed by atoms with Gasteiger partial charge in [-0.15, -0.1) is 0 Å². The SMILES string of the molecule is Cc1cc(NC2(C)CCC2)ccn1. The fourth-order valence-corrected chi connectivity index (χ4v) is 1.80. The fourth-order valence-electron chi connectivity index (χ4n) is 1.80. The van der Waals surface area contributed by atoms with E-state index in [9.17, 15) is 0 Å². The minimum Gasteiger partial charge on any atom is -0.380 e. The van der Waals surface area contributed by atoms with E-state index in [4.69, 9.17) is 0 Å². The zero-order valence-corrected chi connectivity index (χ0v) is 8.30. The van der Waals surface area contributed by atoms with Gasteiger partial charge in [0.25, 0.3) is 0 Å². The van der Waals surface area contributed by atoms with Crippen LogP contribution in [-0.4, -0.2) is 10.5 Å². The van der Waals surface area contributed by atoms with E-state index in [1.54, 1.807) is 0 Å². The van der Waals surface area contributed by atoms with Crippen LogP contribution in [0.3, 0.4) is 0 Å². The van der Waals surface area contributed by atoms with Crippen LogP contribution < -0.4 is 5.32 Å². The summed E-state index contributed by atoms with van der Waals surface area (Å²) in [4.78, 5) is 4.17. The third-order valence-corrected chi connectivity index (χ3v) is 2.80. The highest BCUT2D eigenvalue weighted by Crippen LogP contribution is 2.34. The summed E-state index contributed by atoms with van der Waals surface area (Å²) in [6, 6.07) is 4.14.